The highest BCUT2D eigenvalue weighted by Crippen LogP contribution is 2.01. The molecule has 7 heteroatoms. The Labute approximate surface area is 108 Å². The Morgan fingerprint density at radius 3 is 2.00 bits per heavy atom. The molecule has 0 amide bonds. The highest BCUT2D eigenvalue weighted by Gasteiger charge is 2.03. The molecule has 0 aromatic carbocycles. The van der Waals surface area contributed by atoms with Crippen LogP contribution >= 0.6 is 10.7 Å². The summed E-state index contributed by atoms with van der Waals surface area (Å²) in [5.74, 6) is 0.00539. The molecule has 0 aromatic rings. The highest BCUT2D eigenvalue weighted by atomic mass is 35.7. The zero-order chi connectivity index (χ0) is 13.0. The summed E-state index contributed by atoms with van der Waals surface area (Å²) in [6.07, 6.45) is 2.10. The van der Waals surface area contributed by atoms with Crippen molar-refractivity contribution in [1.29, 1.82) is 0 Å². The summed E-state index contributed by atoms with van der Waals surface area (Å²) in [7, 11) is 3.36. The van der Waals surface area contributed by atoms with E-state index in [1.165, 1.54) is 0 Å². The van der Waals surface area contributed by atoms with Gasteiger partial charge in [0.1, 0.15) is 0 Å². The highest BCUT2D eigenvalue weighted by molar-refractivity contribution is 8.13. The zero-order valence-corrected chi connectivity index (χ0v) is 11.8. The summed E-state index contributed by atoms with van der Waals surface area (Å²) in [4.78, 5) is 0. The van der Waals surface area contributed by atoms with Gasteiger partial charge in [0.05, 0.1) is 19.0 Å². The minimum atomic E-state index is -3.35. The van der Waals surface area contributed by atoms with Crippen molar-refractivity contribution in [2.45, 2.75) is 19.3 Å². The number of hydrogen-bond donors (Lipinski definition) is 0. The maximum absolute atomic E-state index is 10.6. The molecule has 0 aromatic heterocycles. The second-order valence-electron chi connectivity index (χ2n) is 3.52. The van der Waals surface area contributed by atoms with Crippen LogP contribution in [0.15, 0.2) is 0 Å². The molecule has 0 N–H and O–H groups in total. The summed E-state index contributed by atoms with van der Waals surface area (Å²) >= 11 is 0. The lowest BCUT2D eigenvalue weighted by Gasteiger charge is -2.05. The molecule has 0 unspecified atom stereocenters. The van der Waals surface area contributed by atoms with Gasteiger partial charge in [-0.25, -0.2) is 8.42 Å². The average molecular weight is 289 g/mol. The third-order valence-electron chi connectivity index (χ3n) is 1.94. The number of hydrogen-bond acceptors (Lipinski definition) is 5. The van der Waals surface area contributed by atoms with Crippen LogP contribution in [0.1, 0.15) is 19.3 Å². The van der Waals surface area contributed by atoms with E-state index in [-0.39, 0.29) is 5.75 Å². The van der Waals surface area contributed by atoms with E-state index in [4.69, 9.17) is 24.9 Å². The second-order valence-corrected chi connectivity index (χ2v) is 6.42. The molecule has 0 saturated carbocycles. The quantitative estimate of drug-likeness (QED) is 0.401. The first kappa shape index (κ1) is 17.1. The Kier molecular flexibility index (Phi) is 11.3. The Morgan fingerprint density at radius 1 is 0.882 bits per heavy atom. The van der Waals surface area contributed by atoms with Gasteiger partial charge in [-0.1, -0.05) is 0 Å². The maximum Gasteiger partial charge on any atom is 0.232 e. The topological polar surface area (TPSA) is 61.8 Å². The van der Waals surface area contributed by atoms with E-state index in [1.807, 2.05) is 0 Å². The van der Waals surface area contributed by atoms with Crippen molar-refractivity contribution >= 4 is 19.7 Å². The van der Waals surface area contributed by atoms with Gasteiger partial charge >= 0.3 is 0 Å². The molecule has 5 nitrogen and oxygen atoms in total. The largest absolute Gasteiger partial charge is 0.385 e. The fraction of sp³-hybridized carbons (Fsp3) is 1.00. The third kappa shape index (κ3) is 16.1. The number of ether oxygens (including phenoxy) is 3. The first-order valence-electron chi connectivity index (χ1n) is 5.63. The van der Waals surface area contributed by atoms with Gasteiger partial charge in [-0.2, -0.15) is 0 Å². The minimum absolute atomic E-state index is 0.00539. The predicted molar refractivity (Wildman–Crippen MR) is 67.0 cm³/mol. The summed E-state index contributed by atoms with van der Waals surface area (Å²) in [5, 5.41) is 0. The van der Waals surface area contributed by atoms with Crippen LogP contribution in [0.3, 0.4) is 0 Å². The third-order valence-corrected chi connectivity index (χ3v) is 3.18. The lowest BCUT2D eigenvalue weighted by Crippen LogP contribution is -2.08. The molecule has 0 bridgehead atoms. The van der Waals surface area contributed by atoms with E-state index >= 15 is 0 Å². The van der Waals surface area contributed by atoms with Crippen LogP contribution < -0.4 is 0 Å². The van der Waals surface area contributed by atoms with E-state index < -0.39 is 9.05 Å². The van der Waals surface area contributed by atoms with Gasteiger partial charge in [-0.15, -0.1) is 0 Å². The van der Waals surface area contributed by atoms with Gasteiger partial charge in [-0.3, -0.25) is 0 Å². The molecular weight excluding hydrogens is 268 g/mol. The number of halogens is 1. The molecule has 0 atom stereocenters. The van der Waals surface area contributed by atoms with E-state index in [2.05, 4.69) is 0 Å². The summed E-state index contributed by atoms with van der Waals surface area (Å²) in [5.41, 5.74) is 0. The van der Waals surface area contributed by atoms with Crippen molar-refractivity contribution in [1.82, 2.24) is 0 Å². The summed E-state index contributed by atoms with van der Waals surface area (Å²) in [6, 6.07) is 0. The molecule has 0 fully saturated rings. The average Bonchev–Trinajstić information content (AvgIpc) is 2.24. The standard InChI is InChI=1S/C10H21ClO5S/c1-14-5-4-7-16-9-8-15-6-2-3-10-17(11,12)13/h2-10H2,1H3. The van der Waals surface area contributed by atoms with Crippen molar-refractivity contribution in [3.8, 4) is 0 Å². The van der Waals surface area contributed by atoms with Gasteiger partial charge in [0.2, 0.25) is 9.05 Å². The van der Waals surface area contributed by atoms with Crippen LogP contribution in [-0.2, 0) is 23.3 Å². The van der Waals surface area contributed by atoms with Gasteiger partial charge in [0.15, 0.2) is 0 Å². The predicted octanol–water partition coefficient (Wildman–Crippen LogP) is 1.40. The van der Waals surface area contributed by atoms with Crippen molar-refractivity contribution in [3.05, 3.63) is 0 Å². The Bertz CT molecular complexity index is 255. The fourth-order valence-corrected chi connectivity index (χ4v) is 1.98. The number of methoxy groups -OCH3 is 1. The Hall–Kier alpha value is 0.120. The lowest BCUT2D eigenvalue weighted by molar-refractivity contribution is 0.0391. The second kappa shape index (κ2) is 11.2. The molecule has 0 heterocycles. The van der Waals surface area contributed by atoms with Crippen LogP contribution in [0.4, 0.5) is 0 Å². The molecule has 0 rings (SSSR count). The van der Waals surface area contributed by atoms with Crippen LogP contribution in [0.5, 0.6) is 0 Å². The first-order valence-corrected chi connectivity index (χ1v) is 8.11. The molecule has 0 spiro atoms. The normalized spacial score (nSPS) is 11.9. The Balaban J connectivity index is 3.04. The monoisotopic (exact) mass is 288 g/mol. The summed E-state index contributed by atoms with van der Waals surface area (Å²) < 4.78 is 36.6. The molecule has 0 aliphatic carbocycles. The molecule has 0 saturated heterocycles. The van der Waals surface area contributed by atoms with Crippen LogP contribution in [0.25, 0.3) is 0 Å². The smallest absolute Gasteiger partial charge is 0.232 e. The molecule has 0 radical (unpaired) electrons. The van der Waals surface area contributed by atoms with Crippen LogP contribution in [0, 0.1) is 0 Å². The molecule has 0 aliphatic rings. The van der Waals surface area contributed by atoms with Crippen LogP contribution in [-0.4, -0.2) is 54.3 Å². The first-order chi connectivity index (χ1) is 8.06. The van der Waals surface area contributed by atoms with E-state index in [9.17, 15) is 8.42 Å². The maximum atomic E-state index is 10.6. The van der Waals surface area contributed by atoms with Crippen LogP contribution in [0.2, 0.25) is 0 Å². The van der Waals surface area contributed by atoms with Gasteiger partial charge in [0.25, 0.3) is 0 Å². The summed E-state index contributed by atoms with van der Waals surface area (Å²) in [6.45, 7) is 2.99. The van der Waals surface area contributed by atoms with Crippen molar-refractivity contribution in [2.75, 3.05) is 45.9 Å². The fourth-order valence-electron chi connectivity index (χ4n) is 1.11. The van der Waals surface area contributed by atoms with Gasteiger partial charge in [0, 0.05) is 37.6 Å². The molecular formula is C10H21ClO5S. The van der Waals surface area contributed by atoms with E-state index in [1.54, 1.807) is 7.11 Å². The molecule has 0 aliphatic heterocycles. The SMILES string of the molecule is COCCCOCCOCCCCS(=O)(=O)Cl. The van der Waals surface area contributed by atoms with Crippen molar-refractivity contribution in [2.24, 2.45) is 0 Å². The zero-order valence-electron chi connectivity index (χ0n) is 10.2. The number of unbranched alkanes of at least 4 members (excludes halogenated alkanes) is 1. The van der Waals surface area contributed by atoms with Crippen molar-refractivity contribution in [3.63, 3.8) is 0 Å². The van der Waals surface area contributed by atoms with Gasteiger partial charge in [-0.05, 0) is 19.3 Å². The van der Waals surface area contributed by atoms with E-state index in [0.717, 1.165) is 6.42 Å². The molecule has 104 valence electrons. The van der Waals surface area contributed by atoms with E-state index in [0.29, 0.717) is 45.9 Å². The lowest BCUT2D eigenvalue weighted by atomic mass is 10.4. The molecule has 17 heavy (non-hydrogen) atoms. The van der Waals surface area contributed by atoms with Crippen molar-refractivity contribution < 1.29 is 22.6 Å². The van der Waals surface area contributed by atoms with Gasteiger partial charge < -0.3 is 14.2 Å². The minimum Gasteiger partial charge on any atom is -0.385 e. The Morgan fingerprint density at radius 2 is 1.47 bits per heavy atom. The number of rotatable bonds is 12.